The molecule has 1 amide bonds. The molecular weight excluding hydrogens is 444 g/mol. The van der Waals surface area contributed by atoms with Gasteiger partial charge in [0.25, 0.3) is 11.5 Å². The molecule has 3 fully saturated rings. The van der Waals surface area contributed by atoms with Gasteiger partial charge < -0.3 is 15.0 Å². The lowest BCUT2D eigenvalue weighted by molar-refractivity contribution is -0.138. The van der Waals surface area contributed by atoms with E-state index in [0.717, 1.165) is 18.4 Å². The number of aliphatic carboxylic acids is 1. The molecule has 1 aliphatic carbocycles. The van der Waals surface area contributed by atoms with E-state index in [1.807, 2.05) is 18.2 Å². The van der Waals surface area contributed by atoms with E-state index in [4.69, 9.17) is 0 Å². The number of hydrogen-bond donors (Lipinski definition) is 2. The van der Waals surface area contributed by atoms with Crippen molar-refractivity contribution in [1.29, 1.82) is 0 Å². The number of hydrogen-bond acceptors (Lipinski definition) is 5. The first-order valence-corrected chi connectivity index (χ1v) is 13.3. The van der Waals surface area contributed by atoms with E-state index in [2.05, 4.69) is 15.2 Å². The molecule has 5 rings (SSSR count). The number of carboxylic acid groups (broad SMARTS) is 1. The van der Waals surface area contributed by atoms with Gasteiger partial charge in [0.2, 0.25) is 0 Å². The van der Waals surface area contributed by atoms with E-state index in [1.165, 1.54) is 64.7 Å². The third-order valence-electron chi connectivity index (χ3n) is 8.35. The standard InChI is InChI=1S/C27H36N4O4/c1-17(27(34)35)28-25(32)24-26(33)31(23-12-8-7-11-22(23)29-24)21-15-19-13-14-20(16-21)30(19)18-9-5-3-2-4-6-10-18/h7-8,11-12,17-21H,2-6,9-10,13-16H2,1H3,(H,28,32)(H,34,35). The van der Waals surface area contributed by atoms with Gasteiger partial charge in [0.05, 0.1) is 11.0 Å². The molecule has 8 heteroatoms. The Kier molecular flexibility index (Phi) is 6.91. The van der Waals surface area contributed by atoms with Crippen molar-refractivity contribution in [2.45, 2.75) is 108 Å². The molecule has 2 aliphatic heterocycles. The normalized spacial score (nSPS) is 26.7. The van der Waals surface area contributed by atoms with Gasteiger partial charge in [0.1, 0.15) is 6.04 Å². The number of fused-ring (bicyclic) bond motifs is 3. The Hall–Kier alpha value is -2.74. The number of carboxylic acids is 1. The maximum atomic E-state index is 13.7. The molecule has 2 bridgehead atoms. The molecule has 0 radical (unpaired) electrons. The van der Waals surface area contributed by atoms with Gasteiger partial charge in [0, 0.05) is 24.2 Å². The summed E-state index contributed by atoms with van der Waals surface area (Å²) in [6, 6.07) is 7.91. The lowest BCUT2D eigenvalue weighted by Gasteiger charge is -2.45. The van der Waals surface area contributed by atoms with Crippen LogP contribution in [0.5, 0.6) is 0 Å². The molecule has 0 spiro atoms. The molecule has 3 unspecified atom stereocenters. The lowest BCUT2D eigenvalue weighted by Crippen LogP contribution is -2.50. The van der Waals surface area contributed by atoms with Crippen molar-refractivity contribution >= 4 is 22.9 Å². The lowest BCUT2D eigenvalue weighted by atomic mass is 9.89. The Labute approximate surface area is 205 Å². The minimum Gasteiger partial charge on any atom is -0.480 e. The Morgan fingerprint density at radius 2 is 1.57 bits per heavy atom. The molecule has 35 heavy (non-hydrogen) atoms. The number of piperidine rings is 1. The summed E-state index contributed by atoms with van der Waals surface area (Å²) in [6.07, 6.45) is 13.3. The molecule has 2 aromatic rings. The van der Waals surface area contributed by atoms with E-state index in [9.17, 15) is 19.5 Å². The molecule has 2 saturated heterocycles. The van der Waals surface area contributed by atoms with Gasteiger partial charge >= 0.3 is 5.97 Å². The number of benzene rings is 1. The van der Waals surface area contributed by atoms with Gasteiger partial charge in [-0.3, -0.25) is 19.3 Å². The predicted octanol–water partition coefficient (Wildman–Crippen LogP) is 3.88. The minimum atomic E-state index is -1.15. The average Bonchev–Trinajstić information content (AvgIpc) is 3.07. The fraction of sp³-hybridized carbons (Fsp3) is 0.630. The van der Waals surface area contributed by atoms with Crippen LogP contribution in [-0.2, 0) is 4.79 Å². The van der Waals surface area contributed by atoms with E-state index < -0.39 is 23.5 Å². The monoisotopic (exact) mass is 480 g/mol. The smallest absolute Gasteiger partial charge is 0.325 e. The molecule has 188 valence electrons. The van der Waals surface area contributed by atoms with Gasteiger partial charge in [0.15, 0.2) is 5.69 Å². The van der Waals surface area contributed by atoms with Gasteiger partial charge in [-0.2, -0.15) is 0 Å². The third kappa shape index (κ3) is 4.73. The zero-order valence-corrected chi connectivity index (χ0v) is 20.5. The highest BCUT2D eigenvalue weighted by Crippen LogP contribution is 2.44. The van der Waals surface area contributed by atoms with Crippen LogP contribution in [0.25, 0.3) is 11.0 Å². The summed E-state index contributed by atoms with van der Waals surface area (Å²) in [6.45, 7) is 1.38. The van der Waals surface area contributed by atoms with E-state index >= 15 is 0 Å². The molecule has 3 atom stereocenters. The van der Waals surface area contributed by atoms with E-state index in [1.54, 1.807) is 10.6 Å². The Bertz CT molecular complexity index is 1140. The number of para-hydroxylation sites is 2. The zero-order valence-electron chi connectivity index (χ0n) is 20.5. The average molecular weight is 481 g/mol. The van der Waals surface area contributed by atoms with E-state index in [-0.39, 0.29) is 11.7 Å². The van der Waals surface area contributed by atoms with Crippen molar-refractivity contribution in [1.82, 2.24) is 19.8 Å². The molecule has 1 saturated carbocycles. The second kappa shape index (κ2) is 10.1. The maximum absolute atomic E-state index is 13.7. The van der Waals surface area contributed by atoms with Crippen LogP contribution in [0.4, 0.5) is 0 Å². The first kappa shape index (κ1) is 24.0. The minimum absolute atomic E-state index is 0.00107. The SMILES string of the molecule is CC(NC(=O)c1nc2ccccc2n(C2CC3CCC(C2)N3C2CCCCCCC2)c1=O)C(=O)O. The highest BCUT2D eigenvalue weighted by molar-refractivity contribution is 5.96. The molecule has 1 aromatic carbocycles. The fourth-order valence-corrected chi connectivity index (χ4v) is 6.72. The first-order valence-electron chi connectivity index (χ1n) is 13.3. The summed E-state index contributed by atoms with van der Waals surface area (Å²) >= 11 is 0. The molecular formula is C27H36N4O4. The summed E-state index contributed by atoms with van der Waals surface area (Å²) in [5, 5.41) is 11.6. The van der Waals surface area contributed by atoms with Crippen molar-refractivity contribution in [3.8, 4) is 0 Å². The summed E-state index contributed by atoms with van der Waals surface area (Å²) in [4.78, 5) is 44.9. The number of nitrogens with one attached hydrogen (secondary N) is 1. The Morgan fingerprint density at radius 3 is 2.23 bits per heavy atom. The zero-order chi connectivity index (χ0) is 24.5. The van der Waals surface area contributed by atoms with Crippen molar-refractivity contribution < 1.29 is 14.7 Å². The largest absolute Gasteiger partial charge is 0.480 e. The second-order valence-corrected chi connectivity index (χ2v) is 10.6. The van der Waals surface area contributed by atoms with Gasteiger partial charge in [-0.1, -0.05) is 44.2 Å². The number of carbonyl (C=O) groups excluding carboxylic acids is 1. The number of amides is 1. The summed E-state index contributed by atoms with van der Waals surface area (Å²) < 4.78 is 1.78. The Morgan fingerprint density at radius 1 is 0.943 bits per heavy atom. The number of carbonyl (C=O) groups is 2. The van der Waals surface area contributed by atoms with Crippen molar-refractivity contribution in [2.75, 3.05) is 0 Å². The molecule has 3 aliphatic rings. The van der Waals surface area contributed by atoms with Gasteiger partial charge in [-0.25, -0.2) is 4.98 Å². The quantitative estimate of drug-likeness (QED) is 0.673. The fourth-order valence-electron chi connectivity index (χ4n) is 6.72. The van der Waals surface area contributed by atoms with Crippen molar-refractivity contribution in [3.63, 3.8) is 0 Å². The molecule has 8 nitrogen and oxygen atoms in total. The van der Waals surface area contributed by atoms with Crippen LogP contribution in [0, 0.1) is 0 Å². The van der Waals surface area contributed by atoms with Crippen LogP contribution in [0.1, 0.15) is 94.1 Å². The molecule has 3 heterocycles. The summed E-state index contributed by atoms with van der Waals surface area (Å²) in [5.74, 6) is -1.89. The third-order valence-corrected chi connectivity index (χ3v) is 8.35. The van der Waals surface area contributed by atoms with Crippen molar-refractivity contribution in [2.24, 2.45) is 0 Å². The Balaban J connectivity index is 1.46. The molecule has 2 N–H and O–H groups in total. The second-order valence-electron chi connectivity index (χ2n) is 10.6. The van der Waals surface area contributed by atoms with Crippen LogP contribution >= 0.6 is 0 Å². The van der Waals surface area contributed by atoms with Crippen LogP contribution < -0.4 is 10.9 Å². The first-order chi connectivity index (χ1) is 16.9. The van der Waals surface area contributed by atoms with Crippen LogP contribution in [0.3, 0.4) is 0 Å². The van der Waals surface area contributed by atoms with Crippen molar-refractivity contribution in [3.05, 3.63) is 40.3 Å². The van der Waals surface area contributed by atoms with Crippen LogP contribution in [0.2, 0.25) is 0 Å². The highest BCUT2D eigenvalue weighted by Gasteiger charge is 2.44. The summed E-state index contributed by atoms with van der Waals surface area (Å²) in [5.41, 5.74) is 0.661. The van der Waals surface area contributed by atoms with Crippen LogP contribution in [-0.4, -0.2) is 55.6 Å². The van der Waals surface area contributed by atoms with Gasteiger partial charge in [-0.05, 0) is 57.6 Å². The highest BCUT2D eigenvalue weighted by atomic mass is 16.4. The number of nitrogens with zero attached hydrogens (tertiary/aromatic N) is 3. The number of rotatable bonds is 5. The topological polar surface area (TPSA) is 105 Å². The predicted molar refractivity (Wildman–Crippen MR) is 134 cm³/mol. The van der Waals surface area contributed by atoms with Gasteiger partial charge in [-0.15, -0.1) is 0 Å². The summed E-state index contributed by atoms with van der Waals surface area (Å²) in [7, 11) is 0. The maximum Gasteiger partial charge on any atom is 0.325 e. The number of aromatic nitrogens is 2. The van der Waals surface area contributed by atoms with Crippen LogP contribution in [0.15, 0.2) is 29.1 Å². The van der Waals surface area contributed by atoms with E-state index in [0.29, 0.717) is 23.6 Å². The molecule has 1 aromatic heterocycles.